The van der Waals surface area contributed by atoms with E-state index in [1.807, 2.05) is 0 Å². The molecule has 1 saturated heterocycles. The molecule has 2 N–H and O–H groups in total. The molecule has 1 aliphatic carbocycles. The molecule has 0 amide bonds. The van der Waals surface area contributed by atoms with Crippen molar-refractivity contribution in [2.75, 3.05) is 13.1 Å². The van der Waals surface area contributed by atoms with E-state index >= 15 is 0 Å². The molecule has 0 spiro atoms. The van der Waals surface area contributed by atoms with Crippen LogP contribution in [0.3, 0.4) is 0 Å². The van der Waals surface area contributed by atoms with Crippen molar-refractivity contribution >= 4 is 5.97 Å². The molecule has 0 aromatic carbocycles. The van der Waals surface area contributed by atoms with Crippen LogP contribution in [0.4, 0.5) is 0 Å². The van der Waals surface area contributed by atoms with Crippen LogP contribution in [-0.2, 0) is 11.3 Å². The van der Waals surface area contributed by atoms with Crippen LogP contribution < -0.4 is 0 Å². The Kier molecular flexibility index (Phi) is 7.64. The van der Waals surface area contributed by atoms with Crippen LogP contribution in [-0.4, -0.2) is 50.4 Å². The Morgan fingerprint density at radius 2 is 1.93 bits per heavy atom. The van der Waals surface area contributed by atoms with E-state index in [2.05, 4.69) is 15.0 Å². The van der Waals surface area contributed by atoms with Crippen LogP contribution in [0.1, 0.15) is 88.3 Å². The predicted molar refractivity (Wildman–Crippen MR) is 100 cm³/mol. The Hall–Kier alpha value is -1.47. The minimum Gasteiger partial charge on any atom is -0.481 e. The van der Waals surface area contributed by atoms with Crippen molar-refractivity contribution in [3.63, 3.8) is 0 Å². The fourth-order valence-electron chi connectivity index (χ4n) is 4.43. The van der Waals surface area contributed by atoms with E-state index in [9.17, 15) is 15.0 Å². The van der Waals surface area contributed by atoms with E-state index in [4.69, 9.17) is 4.52 Å². The quantitative estimate of drug-likeness (QED) is 0.679. The van der Waals surface area contributed by atoms with Gasteiger partial charge in [-0.3, -0.25) is 9.69 Å². The zero-order valence-corrected chi connectivity index (χ0v) is 16.2. The lowest BCUT2D eigenvalue weighted by molar-refractivity contribution is -0.137. The Bertz CT molecular complexity index is 578. The molecule has 1 atom stereocenters. The van der Waals surface area contributed by atoms with Gasteiger partial charge in [0.2, 0.25) is 5.89 Å². The van der Waals surface area contributed by atoms with Crippen LogP contribution in [0.25, 0.3) is 0 Å². The maximum atomic E-state index is 11.3. The number of rotatable bonds is 9. The standard InChI is InChI=1S/C20H33N3O4/c24-17-9-11-23(12-10-17)14-18-21-20(27-22-18)16(13-19(25)26)8-4-7-15-5-2-1-3-6-15/h15-17,24H,1-14H2,(H,25,26)/t16-/m1/s1. The number of hydrogen-bond acceptors (Lipinski definition) is 6. The van der Waals surface area contributed by atoms with Gasteiger partial charge in [-0.1, -0.05) is 50.1 Å². The zero-order chi connectivity index (χ0) is 19.1. The molecule has 2 heterocycles. The molecule has 7 nitrogen and oxygen atoms in total. The zero-order valence-electron chi connectivity index (χ0n) is 16.2. The summed E-state index contributed by atoms with van der Waals surface area (Å²) in [5, 5.41) is 22.9. The van der Waals surface area contributed by atoms with Gasteiger partial charge in [-0.15, -0.1) is 0 Å². The van der Waals surface area contributed by atoms with Crippen LogP contribution in [0.5, 0.6) is 0 Å². The van der Waals surface area contributed by atoms with Gasteiger partial charge >= 0.3 is 5.97 Å². The van der Waals surface area contributed by atoms with Crippen molar-refractivity contribution < 1.29 is 19.5 Å². The number of aliphatic hydroxyl groups excluding tert-OH is 1. The first-order valence-corrected chi connectivity index (χ1v) is 10.5. The topological polar surface area (TPSA) is 99.7 Å². The highest BCUT2D eigenvalue weighted by Gasteiger charge is 2.24. The number of hydrogen-bond donors (Lipinski definition) is 2. The monoisotopic (exact) mass is 379 g/mol. The smallest absolute Gasteiger partial charge is 0.304 e. The van der Waals surface area contributed by atoms with Crippen molar-refractivity contribution in [3.05, 3.63) is 11.7 Å². The summed E-state index contributed by atoms with van der Waals surface area (Å²) in [7, 11) is 0. The highest BCUT2D eigenvalue weighted by atomic mass is 16.5. The summed E-state index contributed by atoms with van der Waals surface area (Å²) in [6.07, 6.45) is 11.0. The maximum Gasteiger partial charge on any atom is 0.304 e. The molecule has 1 aromatic heterocycles. The van der Waals surface area contributed by atoms with Gasteiger partial charge in [0.25, 0.3) is 0 Å². The lowest BCUT2D eigenvalue weighted by Gasteiger charge is -2.28. The van der Waals surface area contributed by atoms with Gasteiger partial charge in [-0.05, 0) is 25.2 Å². The van der Waals surface area contributed by atoms with Gasteiger partial charge in [-0.2, -0.15) is 4.98 Å². The third kappa shape index (κ3) is 6.57. The highest BCUT2D eigenvalue weighted by molar-refractivity contribution is 5.67. The molecule has 0 unspecified atom stereocenters. The molecule has 1 aliphatic heterocycles. The second kappa shape index (κ2) is 10.2. The highest BCUT2D eigenvalue weighted by Crippen LogP contribution is 2.31. The third-order valence-corrected chi connectivity index (χ3v) is 6.07. The first-order chi connectivity index (χ1) is 13.1. The van der Waals surface area contributed by atoms with Crippen molar-refractivity contribution in [2.45, 2.75) is 89.2 Å². The van der Waals surface area contributed by atoms with Gasteiger partial charge in [0.1, 0.15) is 0 Å². The molecule has 3 rings (SSSR count). The summed E-state index contributed by atoms with van der Waals surface area (Å²) < 4.78 is 5.43. The van der Waals surface area contributed by atoms with Gasteiger partial charge in [0.15, 0.2) is 5.82 Å². The molecule has 1 saturated carbocycles. The fourth-order valence-corrected chi connectivity index (χ4v) is 4.43. The van der Waals surface area contributed by atoms with E-state index in [1.54, 1.807) is 0 Å². The number of carboxylic acids is 1. The number of piperidine rings is 1. The number of aliphatic carboxylic acids is 1. The van der Waals surface area contributed by atoms with E-state index in [1.165, 1.54) is 38.5 Å². The second-order valence-electron chi connectivity index (χ2n) is 8.29. The minimum atomic E-state index is -0.817. The van der Waals surface area contributed by atoms with Crippen molar-refractivity contribution in [1.82, 2.24) is 15.0 Å². The number of likely N-dealkylation sites (tertiary alicyclic amines) is 1. The van der Waals surface area contributed by atoms with Crippen LogP contribution in [0, 0.1) is 5.92 Å². The fraction of sp³-hybridized carbons (Fsp3) is 0.850. The summed E-state index contributed by atoms with van der Waals surface area (Å²) in [4.78, 5) is 18.0. The summed E-state index contributed by atoms with van der Waals surface area (Å²) in [5.41, 5.74) is 0. The predicted octanol–water partition coefficient (Wildman–Crippen LogP) is 3.34. The lowest BCUT2D eigenvalue weighted by Crippen LogP contribution is -2.35. The molecule has 27 heavy (non-hydrogen) atoms. The minimum absolute atomic E-state index is 0.0439. The maximum absolute atomic E-state index is 11.3. The Morgan fingerprint density at radius 3 is 2.63 bits per heavy atom. The summed E-state index contributed by atoms with van der Waals surface area (Å²) in [6.45, 7) is 2.24. The molecule has 152 valence electrons. The molecule has 0 bridgehead atoms. The Labute approximate surface area is 161 Å². The first kappa shape index (κ1) is 20.3. The van der Waals surface area contributed by atoms with Gasteiger partial charge < -0.3 is 14.7 Å². The van der Waals surface area contributed by atoms with Gasteiger partial charge in [0, 0.05) is 19.0 Å². The van der Waals surface area contributed by atoms with Crippen molar-refractivity contribution in [3.8, 4) is 0 Å². The largest absolute Gasteiger partial charge is 0.481 e. The normalized spacial score (nSPS) is 21.4. The number of carbonyl (C=O) groups is 1. The second-order valence-corrected chi connectivity index (χ2v) is 8.29. The molecule has 2 fully saturated rings. The van der Waals surface area contributed by atoms with Crippen molar-refractivity contribution in [1.29, 1.82) is 0 Å². The van der Waals surface area contributed by atoms with Crippen molar-refractivity contribution in [2.24, 2.45) is 5.92 Å². The van der Waals surface area contributed by atoms with E-state index < -0.39 is 5.97 Å². The number of aliphatic hydroxyl groups is 1. The summed E-state index contributed by atoms with van der Waals surface area (Å²) >= 11 is 0. The lowest BCUT2D eigenvalue weighted by atomic mass is 9.84. The molecular formula is C20H33N3O4. The average Bonchev–Trinajstić information content (AvgIpc) is 3.12. The third-order valence-electron chi connectivity index (χ3n) is 6.07. The van der Waals surface area contributed by atoms with Gasteiger partial charge in [-0.25, -0.2) is 0 Å². The molecule has 2 aliphatic rings. The molecule has 0 radical (unpaired) electrons. The average molecular weight is 380 g/mol. The van der Waals surface area contributed by atoms with E-state index in [0.29, 0.717) is 18.3 Å². The SMILES string of the molecule is O=C(O)C[C@@H](CCCC1CCCCC1)c1nc(CN2CCC(O)CC2)no1. The van der Waals surface area contributed by atoms with E-state index in [0.717, 1.165) is 44.7 Å². The van der Waals surface area contributed by atoms with Crippen LogP contribution >= 0.6 is 0 Å². The molecule has 1 aromatic rings. The van der Waals surface area contributed by atoms with Crippen LogP contribution in [0.15, 0.2) is 4.52 Å². The number of aromatic nitrogens is 2. The Balaban J connectivity index is 1.51. The van der Waals surface area contributed by atoms with E-state index in [-0.39, 0.29) is 18.4 Å². The number of nitrogens with zero attached hydrogens (tertiary/aromatic N) is 3. The molecule has 7 heteroatoms. The van der Waals surface area contributed by atoms with Gasteiger partial charge in [0.05, 0.1) is 19.1 Å². The Morgan fingerprint density at radius 1 is 1.19 bits per heavy atom. The molecular weight excluding hydrogens is 346 g/mol. The summed E-state index contributed by atoms with van der Waals surface area (Å²) in [5.74, 6) is 0.868. The number of carboxylic acid groups (broad SMARTS) is 1. The first-order valence-electron chi connectivity index (χ1n) is 10.5. The summed E-state index contributed by atoms with van der Waals surface area (Å²) in [6, 6.07) is 0. The van der Waals surface area contributed by atoms with Crippen LogP contribution in [0.2, 0.25) is 0 Å².